The lowest BCUT2D eigenvalue weighted by Crippen LogP contribution is -2.43. The third-order valence-corrected chi connectivity index (χ3v) is 5.09. The number of aldehydes is 1. The number of carbonyl (C=O) groups is 1. The van der Waals surface area contributed by atoms with Crippen LogP contribution in [0.4, 0.5) is 0 Å². The molecule has 2 atom stereocenters. The maximum atomic E-state index is 12.2. The van der Waals surface area contributed by atoms with Gasteiger partial charge >= 0.3 is 0 Å². The number of hydrogen-bond donors (Lipinski definition) is 1. The number of carbonyl (C=O) groups excluding carboxylic acids is 1. The van der Waals surface area contributed by atoms with E-state index >= 15 is 0 Å². The minimum Gasteiger partial charge on any atom is -0.490 e. The molecule has 0 amide bonds. The largest absolute Gasteiger partial charge is 0.490 e. The molecule has 0 saturated carbocycles. The van der Waals surface area contributed by atoms with Gasteiger partial charge in [-0.2, -0.15) is 0 Å². The lowest BCUT2D eigenvalue weighted by molar-refractivity contribution is -0.113. The van der Waals surface area contributed by atoms with Gasteiger partial charge in [0.25, 0.3) is 0 Å². The number of ether oxygens (including phenoxy) is 1. The summed E-state index contributed by atoms with van der Waals surface area (Å²) in [5.41, 5.74) is 6.13. The summed E-state index contributed by atoms with van der Waals surface area (Å²) < 4.78 is 6.02. The summed E-state index contributed by atoms with van der Waals surface area (Å²) in [6.45, 7) is 6.60. The maximum absolute atomic E-state index is 12.2. The highest BCUT2D eigenvalue weighted by Crippen LogP contribution is 2.26. The van der Waals surface area contributed by atoms with Crippen LogP contribution in [0.3, 0.4) is 0 Å². The quantitative estimate of drug-likeness (QED) is 0.232. The summed E-state index contributed by atoms with van der Waals surface area (Å²) in [6, 6.07) is 7.81. The molecule has 0 aliphatic carbocycles. The van der Waals surface area contributed by atoms with Gasteiger partial charge in [-0.15, -0.1) is 0 Å². The number of nitrogens with two attached hydrogens (primary N) is 1. The number of guanidine groups is 1. The van der Waals surface area contributed by atoms with Crippen molar-refractivity contribution in [1.82, 2.24) is 4.90 Å². The first-order chi connectivity index (χ1) is 13.3. The molecule has 0 aromatic heterocycles. The van der Waals surface area contributed by atoms with Crippen LogP contribution in [0.25, 0.3) is 0 Å². The summed E-state index contributed by atoms with van der Waals surface area (Å²) in [7, 11) is 3.65. The van der Waals surface area contributed by atoms with Crippen molar-refractivity contribution >= 4 is 12.2 Å². The predicted octanol–water partition coefficient (Wildman–Crippen LogP) is 4.57. The minimum atomic E-state index is -0.973. The second-order valence-corrected chi connectivity index (χ2v) is 8.15. The van der Waals surface area contributed by atoms with E-state index in [1.54, 1.807) is 4.90 Å². The molecule has 158 valence electrons. The van der Waals surface area contributed by atoms with E-state index in [0.29, 0.717) is 18.3 Å². The molecule has 1 aromatic carbocycles. The zero-order valence-corrected chi connectivity index (χ0v) is 18.4. The number of para-hydroxylation sites is 1. The fraction of sp³-hybridized carbons (Fsp3) is 0.652. The van der Waals surface area contributed by atoms with Crippen LogP contribution >= 0.6 is 0 Å². The second-order valence-electron chi connectivity index (χ2n) is 8.15. The van der Waals surface area contributed by atoms with Gasteiger partial charge in [-0.25, -0.2) is 4.99 Å². The number of nitrogens with zero attached hydrogens (tertiary/aromatic N) is 2. The van der Waals surface area contributed by atoms with Gasteiger partial charge in [-0.3, -0.25) is 0 Å². The summed E-state index contributed by atoms with van der Waals surface area (Å²) in [6.07, 6.45) is 8.88. The van der Waals surface area contributed by atoms with Crippen LogP contribution in [0.2, 0.25) is 0 Å². The highest BCUT2D eigenvalue weighted by Gasteiger charge is 2.33. The first kappa shape index (κ1) is 24.0. The third kappa shape index (κ3) is 8.32. The molecule has 5 nitrogen and oxygen atoms in total. The first-order valence-electron chi connectivity index (χ1n) is 10.5. The van der Waals surface area contributed by atoms with Crippen LogP contribution in [0, 0.1) is 12.8 Å². The number of rotatable bonds is 13. The lowest BCUT2D eigenvalue weighted by Gasteiger charge is -2.29. The highest BCUT2D eigenvalue weighted by molar-refractivity contribution is 5.81. The molecular weight excluding hydrogens is 350 g/mol. The Balaban J connectivity index is 2.86. The Morgan fingerprint density at radius 3 is 2.54 bits per heavy atom. The smallest absolute Gasteiger partial charge is 0.191 e. The van der Waals surface area contributed by atoms with Crippen molar-refractivity contribution in [1.29, 1.82) is 0 Å². The van der Waals surface area contributed by atoms with Gasteiger partial charge in [-0.1, -0.05) is 70.6 Å². The Hall–Kier alpha value is -2.04. The van der Waals surface area contributed by atoms with E-state index in [9.17, 15) is 4.79 Å². The summed E-state index contributed by atoms with van der Waals surface area (Å²) in [5, 5.41) is 0. The van der Waals surface area contributed by atoms with E-state index in [0.717, 1.165) is 24.0 Å². The van der Waals surface area contributed by atoms with E-state index in [2.05, 4.69) is 18.8 Å². The molecule has 0 fully saturated rings. The van der Waals surface area contributed by atoms with Gasteiger partial charge in [0.1, 0.15) is 12.4 Å². The van der Waals surface area contributed by atoms with E-state index in [-0.39, 0.29) is 6.61 Å². The van der Waals surface area contributed by atoms with Gasteiger partial charge in [0.05, 0.1) is 0 Å². The third-order valence-electron chi connectivity index (χ3n) is 5.09. The Morgan fingerprint density at radius 2 is 1.93 bits per heavy atom. The van der Waals surface area contributed by atoms with Crippen molar-refractivity contribution in [2.75, 3.05) is 20.7 Å². The predicted molar refractivity (Wildman–Crippen MR) is 118 cm³/mol. The van der Waals surface area contributed by atoms with Gasteiger partial charge in [0.15, 0.2) is 17.8 Å². The molecule has 0 aliphatic heterocycles. The molecule has 2 N–H and O–H groups in total. The zero-order valence-electron chi connectivity index (χ0n) is 18.4. The number of unbranched alkanes of at least 4 members (excludes halogenated alkanes) is 4. The van der Waals surface area contributed by atoms with Crippen molar-refractivity contribution in [3.63, 3.8) is 0 Å². The van der Waals surface area contributed by atoms with Gasteiger partial charge in [0, 0.05) is 14.1 Å². The summed E-state index contributed by atoms with van der Waals surface area (Å²) in [5.74, 6) is 1.49. The highest BCUT2D eigenvalue weighted by atomic mass is 16.5. The summed E-state index contributed by atoms with van der Waals surface area (Å²) in [4.78, 5) is 18.5. The Kier molecular flexibility index (Phi) is 10.6. The molecule has 0 radical (unpaired) electrons. The number of hydrogen-bond acceptors (Lipinski definition) is 3. The fourth-order valence-electron chi connectivity index (χ4n) is 3.30. The van der Waals surface area contributed by atoms with E-state index in [1.807, 2.05) is 45.3 Å². The Morgan fingerprint density at radius 1 is 1.25 bits per heavy atom. The number of aliphatic imine (C=N–C) groups is 1. The molecule has 0 aliphatic rings. The van der Waals surface area contributed by atoms with Crippen molar-refractivity contribution < 1.29 is 9.53 Å². The maximum Gasteiger partial charge on any atom is 0.191 e. The van der Waals surface area contributed by atoms with E-state index in [1.165, 1.54) is 32.1 Å². The molecule has 1 aromatic rings. The van der Waals surface area contributed by atoms with E-state index in [4.69, 9.17) is 10.5 Å². The Labute approximate surface area is 171 Å². The topological polar surface area (TPSA) is 67.9 Å². The Bertz CT molecular complexity index is 616. The van der Waals surface area contributed by atoms with Crippen LogP contribution in [-0.4, -0.2) is 43.4 Å². The summed E-state index contributed by atoms with van der Waals surface area (Å²) >= 11 is 0. The van der Waals surface area contributed by atoms with Gasteiger partial charge in [-0.05, 0) is 30.9 Å². The average Bonchev–Trinajstić information content (AvgIpc) is 2.66. The van der Waals surface area contributed by atoms with Crippen molar-refractivity contribution in [3.8, 4) is 5.75 Å². The first-order valence-corrected chi connectivity index (χ1v) is 10.5. The van der Waals surface area contributed by atoms with Crippen molar-refractivity contribution in [3.05, 3.63) is 29.8 Å². The SMILES string of the molecule is CCCCCCCC(C)CC(C=O)(COc1ccccc1C)N=C(N)N(C)C. The van der Waals surface area contributed by atoms with Crippen LogP contribution < -0.4 is 10.5 Å². The molecule has 1 rings (SSSR count). The normalized spacial score (nSPS) is 15.0. The van der Waals surface area contributed by atoms with Crippen molar-refractivity contribution in [2.24, 2.45) is 16.6 Å². The molecule has 2 unspecified atom stereocenters. The fourth-order valence-corrected chi connectivity index (χ4v) is 3.30. The molecule has 0 spiro atoms. The lowest BCUT2D eigenvalue weighted by atomic mass is 9.87. The molecular formula is C23H39N3O2. The second kappa shape index (κ2) is 12.4. The minimum absolute atomic E-state index is 0.191. The van der Waals surface area contributed by atoms with Gasteiger partial charge in [0.2, 0.25) is 0 Å². The van der Waals surface area contributed by atoms with E-state index < -0.39 is 5.54 Å². The average molecular weight is 390 g/mol. The van der Waals surface area contributed by atoms with Gasteiger partial charge < -0.3 is 20.2 Å². The number of aryl methyl sites for hydroxylation is 1. The van der Waals surface area contributed by atoms with Crippen LogP contribution in [-0.2, 0) is 4.79 Å². The van der Waals surface area contributed by atoms with Crippen LogP contribution in [0.5, 0.6) is 5.75 Å². The van der Waals surface area contributed by atoms with Crippen molar-refractivity contribution in [2.45, 2.75) is 71.3 Å². The number of benzene rings is 1. The van der Waals surface area contributed by atoms with Crippen LogP contribution in [0.15, 0.2) is 29.3 Å². The standard InChI is InChI=1S/C23H39N3O2/c1-6-7-8-9-10-13-19(2)16-23(17-27,25-22(24)26(4)5)18-28-21-15-12-11-14-20(21)3/h11-12,14-15,17,19H,6-10,13,16,18H2,1-5H3,(H2,24,25). The molecule has 0 heterocycles. The van der Waals surface area contributed by atoms with Crippen LogP contribution in [0.1, 0.15) is 64.4 Å². The molecule has 0 saturated heterocycles. The molecule has 5 heteroatoms. The monoisotopic (exact) mass is 389 g/mol. The molecule has 0 bridgehead atoms. The molecule has 28 heavy (non-hydrogen) atoms. The zero-order chi connectivity index (χ0) is 21.0.